The highest BCUT2D eigenvalue weighted by molar-refractivity contribution is 6.30. The predicted molar refractivity (Wildman–Crippen MR) is 102 cm³/mol. The fourth-order valence-electron chi connectivity index (χ4n) is 3.20. The zero-order valence-electron chi connectivity index (χ0n) is 14.5. The van der Waals surface area contributed by atoms with Crippen molar-refractivity contribution in [1.29, 1.82) is 0 Å². The summed E-state index contributed by atoms with van der Waals surface area (Å²) < 4.78 is 0. The quantitative estimate of drug-likeness (QED) is 0.452. The lowest BCUT2D eigenvalue weighted by atomic mass is 9.94. The SMILES string of the molecule is Cc1ccc([N+](=O)[O-])c(N2CCC3(C2)ON=C3C#Cc2cccc(Cl)c2)n1. The summed E-state index contributed by atoms with van der Waals surface area (Å²) in [6.45, 7) is 2.81. The van der Waals surface area contributed by atoms with Crippen molar-refractivity contribution in [1.82, 2.24) is 4.98 Å². The maximum Gasteiger partial charge on any atom is 0.311 e. The molecule has 0 amide bonds. The first-order valence-electron chi connectivity index (χ1n) is 8.38. The van der Waals surface area contributed by atoms with Crippen molar-refractivity contribution < 1.29 is 9.76 Å². The van der Waals surface area contributed by atoms with Crippen LogP contribution < -0.4 is 4.90 Å². The highest BCUT2D eigenvalue weighted by Gasteiger charge is 2.52. The highest BCUT2D eigenvalue weighted by Crippen LogP contribution is 2.38. The summed E-state index contributed by atoms with van der Waals surface area (Å²) in [6.07, 6.45) is 0.642. The van der Waals surface area contributed by atoms with Gasteiger partial charge in [-0.15, -0.1) is 0 Å². The van der Waals surface area contributed by atoms with Gasteiger partial charge in [-0.2, -0.15) is 0 Å². The fourth-order valence-corrected chi connectivity index (χ4v) is 3.39. The van der Waals surface area contributed by atoms with Crippen molar-refractivity contribution in [3.05, 3.63) is 62.8 Å². The van der Waals surface area contributed by atoms with Crippen LogP contribution in [0.3, 0.4) is 0 Å². The van der Waals surface area contributed by atoms with Gasteiger partial charge in [-0.3, -0.25) is 10.1 Å². The predicted octanol–water partition coefficient (Wildman–Crippen LogP) is 3.34. The van der Waals surface area contributed by atoms with Crippen LogP contribution in [-0.2, 0) is 4.84 Å². The summed E-state index contributed by atoms with van der Waals surface area (Å²) in [7, 11) is 0. The molecule has 0 aliphatic carbocycles. The van der Waals surface area contributed by atoms with E-state index >= 15 is 0 Å². The van der Waals surface area contributed by atoms with Crippen LogP contribution in [0.4, 0.5) is 11.5 Å². The molecule has 2 aromatic rings. The molecule has 2 aliphatic heterocycles. The Morgan fingerprint density at radius 1 is 1.33 bits per heavy atom. The maximum atomic E-state index is 11.3. The molecule has 8 heteroatoms. The van der Waals surface area contributed by atoms with E-state index in [1.54, 1.807) is 18.2 Å². The van der Waals surface area contributed by atoms with E-state index in [-0.39, 0.29) is 5.69 Å². The third-order valence-corrected chi connectivity index (χ3v) is 4.85. The Morgan fingerprint density at radius 2 is 2.19 bits per heavy atom. The summed E-state index contributed by atoms with van der Waals surface area (Å²) >= 11 is 5.98. The van der Waals surface area contributed by atoms with Gasteiger partial charge in [-0.05, 0) is 37.1 Å². The van der Waals surface area contributed by atoms with Gasteiger partial charge in [0.05, 0.1) is 11.5 Å². The number of rotatable bonds is 2. The van der Waals surface area contributed by atoms with Crippen molar-refractivity contribution in [2.75, 3.05) is 18.0 Å². The maximum absolute atomic E-state index is 11.3. The first-order valence-corrected chi connectivity index (χ1v) is 8.76. The molecule has 1 fully saturated rings. The van der Waals surface area contributed by atoms with Crippen molar-refractivity contribution in [3.63, 3.8) is 0 Å². The second-order valence-electron chi connectivity index (χ2n) is 6.51. The number of oxime groups is 1. The van der Waals surface area contributed by atoms with E-state index < -0.39 is 10.5 Å². The number of halogens is 1. The summed E-state index contributed by atoms with van der Waals surface area (Å²) in [5.74, 6) is 6.45. The van der Waals surface area contributed by atoms with Gasteiger partial charge in [0.15, 0.2) is 5.71 Å². The standard InChI is InChI=1S/C19H15ClN4O3/c1-13-5-7-16(24(25)26)18(21-13)23-10-9-19(12-23)17(22-27-19)8-6-14-3-2-4-15(20)11-14/h2-5,7,11H,9-10,12H2,1H3. The van der Waals surface area contributed by atoms with Gasteiger partial charge in [-0.25, -0.2) is 4.98 Å². The third-order valence-electron chi connectivity index (χ3n) is 4.61. The van der Waals surface area contributed by atoms with Gasteiger partial charge in [0.1, 0.15) is 0 Å². The normalized spacial score (nSPS) is 20.4. The Hall–Kier alpha value is -3.11. The number of hydrogen-bond acceptors (Lipinski definition) is 6. The average Bonchev–Trinajstić information content (AvgIpc) is 3.08. The molecule has 1 aromatic carbocycles. The molecule has 7 nitrogen and oxygen atoms in total. The monoisotopic (exact) mass is 382 g/mol. The Kier molecular flexibility index (Phi) is 4.21. The zero-order valence-corrected chi connectivity index (χ0v) is 15.2. The molecular weight excluding hydrogens is 368 g/mol. The molecule has 1 spiro atoms. The zero-order chi connectivity index (χ0) is 19.0. The van der Waals surface area contributed by atoms with E-state index in [0.29, 0.717) is 36.1 Å². The van der Waals surface area contributed by atoms with Crippen LogP contribution in [0.15, 0.2) is 41.6 Å². The first-order chi connectivity index (χ1) is 13.0. The van der Waals surface area contributed by atoms with E-state index in [2.05, 4.69) is 22.0 Å². The Bertz CT molecular complexity index is 1030. The van der Waals surface area contributed by atoms with Crippen LogP contribution in [0.1, 0.15) is 17.7 Å². The fraction of sp³-hybridized carbons (Fsp3) is 0.263. The van der Waals surface area contributed by atoms with Gasteiger partial charge in [-0.1, -0.05) is 28.7 Å². The molecule has 0 radical (unpaired) electrons. The Morgan fingerprint density at radius 3 is 2.89 bits per heavy atom. The molecule has 2 aliphatic rings. The Labute approximate surface area is 160 Å². The molecule has 1 saturated heterocycles. The minimum atomic E-state index is -0.634. The second kappa shape index (κ2) is 6.56. The lowest BCUT2D eigenvalue weighted by molar-refractivity contribution is -0.384. The van der Waals surface area contributed by atoms with Crippen molar-refractivity contribution in [3.8, 4) is 11.8 Å². The largest absolute Gasteiger partial charge is 0.379 e. The number of nitrogens with zero attached hydrogens (tertiary/aromatic N) is 4. The van der Waals surface area contributed by atoms with Crippen LogP contribution in [-0.4, -0.2) is 34.3 Å². The lowest BCUT2D eigenvalue weighted by Crippen LogP contribution is -2.49. The van der Waals surface area contributed by atoms with Gasteiger partial charge >= 0.3 is 5.69 Å². The van der Waals surface area contributed by atoms with E-state index in [4.69, 9.17) is 16.4 Å². The van der Waals surface area contributed by atoms with E-state index in [1.807, 2.05) is 24.0 Å². The number of benzene rings is 1. The van der Waals surface area contributed by atoms with Crippen molar-refractivity contribution in [2.45, 2.75) is 18.9 Å². The van der Waals surface area contributed by atoms with Gasteiger partial charge in [0.2, 0.25) is 11.4 Å². The topological polar surface area (TPSA) is 80.9 Å². The van der Waals surface area contributed by atoms with Crippen LogP contribution in [0.2, 0.25) is 5.02 Å². The van der Waals surface area contributed by atoms with Gasteiger partial charge in [0, 0.05) is 35.3 Å². The molecular formula is C19H15ClN4O3. The van der Waals surface area contributed by atoms with Crippen molar-refractivity contribution >= 4 is 28.8 Å². The number of aryl methyl sites for hydroxylation is 1. The molecule has 1 atom stereocenters. The summed E-state index contributed by atoms with van der Waals surface area (Å²) in [4.78, 5) is 22.7. The number of aromatic nitrogens is 1. The number of nitro groups is 1. The smallest absolute Gasteiger partial charge is 0.311 e. The third kappa shape index (κ3) is 3.20. The van der Waals surface area contributed by atoms with E-state index in [0.717, 1.165) is 11.3 Å². The van der Waals surface area contributed by atoms with E-state index in [9.17, 15) is 10.1 Å². The van der Waals surface area contributed by atoms with E-state index in [1.165, 1.54) is 6.07 Å². The molecule has 136 valence electrons. The minimum absolute atomic E-state index is 0.0135. The first kappa shape index (κ1) is 17.3. The van der Waals surface area contributed by atoms with Gasteiger partial charge < -0.3 is 9.74 Å². The molecule has 3 heterocycles. The second-order valence-corrected chi connectivity index (χ2v) is 6.95. The molecule has 1 aromatic heterocycles. The number of pyridine rings is 1. The lowest BCUT2D eigenvalue weighted by Gasteiger charge is -2.32. The van der Waals surface area contributed by atoms with Crippen LogP contribution >= 0.6 is 11.6 Å². The molecule has 0 bridgehead atoms. The molecule has 4 rings (SSSR count). The summed E-state index contributed by atoms with van der Waals surface area (Å²) in [5, 5.41) is 15.9. The van der Waals surface area contributed by atoms with Crippen LogP contribution in [0, 0.1) is 28.9 Å². The molecule has 0 saturated carbocycles. The van der Waals surface area contributed by atoms with Crippen molar-refractivity contribution in [2.24, 2.45) is 5.16 Å². The average molecular weight is 383 g/mol. The Balaban J connectivity index is 1.56. The molecule has 27 heavy (non-hydrogen) atoms. The summed E-state index contributed by atoms with van der Waals surface area (Å²) in [6, 6.07) is 10.4. The number of anilines is 1. The number of hydrogen-bond donors (Lipinski definition) is 0. The summed E-state index contributed by atoms with van der Waals surface area (Å²) in [5.41, 5.74) is 1.50. The van der Waals surface area contributed by atoms with Crippen LogP contribution in [0.5, 0.6) is 0 Å². The van der Waals surface area contributed by atoms with Gasteiger partial charge in [0.25, 0.3) is 0 Å². The minimum Gasteiger partial charge on any atom is -0.379 e. The highest BCUT2D eigenvalue weighted by atomic mass is 35.5. The molecule has 0 N–H and O–H groups in total. The van der Waals surface area contributed by atoms with Crippen LogP contribution in [0.25, 0.3) is 0 Å². The molecule has 1 unspecified atom stereocenters.